The molecule has 1 aromatic rings. The van der Waals surface area contributed by atoms with Crippen molar-refractivity contribution in [2.24, 2.45) is 0 Å². The largest absolute Gasteiger partial charge is 0.492 e. The first kappa shape index (κ1) is 17.5. The Hall–Kier alpha value is -1.55. The summed E-state index contributed by atoms with van der Waals surface area (Å²) < 4.78 is 5.70. The molecule has 1 rings (SSSR count). The second-order valence-corrected chi connectivity index (χ2v) is 6.29. The molecule has 0 aliphatic heterocycles. The Morgan fingerprint density at radius 1 is 1.19 bits per heavy atom. The Labute approximate surface area is 127 Å². The van der Waals surface area contributed by atoms with Gasteiger partial charge in [0.25, 0.3) is 0 Å². The maximum atomic E-state index is 10.8. The van der Waals surface area contributed by atoms with Crippen LogP contribution in [0.15, 0.2) is 24.3 Å². The van der Waals surface area contributed by atoms with Crippen molar-refractivity contribution in [3.8, 4) is 5.75 Å². The van der Waals surface area contributed by atoms with Crippen molar-refractivity contribution in [3.05, 3.63) is 29.8 Å². The Morgan fingerprint density at radius 3 is 2.29 bits per heavy atom. The van der Waals surface area contributed by atoms with Gasteiger partial charge in [-0.1, -0.05) is 39.8 Å². The van der Waals surface area contributed by atoms with Crippen molar-refractivity contribution in [3.63, 3.8) is 0 Å². The SMILES string of the molecule is CCCN(CCOc1ccc(C(C)(C)C)cc1)CC(=O)O. The average molecular weight is 293 g/mol. The van der Waals surface area contributed by atoms with E-state index in [0.29, 0.717) is 13.2 Å². The molecule has 0 saturated carbocycles. The number of carboxylic acid groups (broad SMARTS) is 1. The van der Waals surface area contributed by atoms with Gasteiger partial charge < -0.3 is 9.84 Å². The van der Waals surface area contributed by atoms with E-state index in [0.717, 1.165) is 18.7 Å². The van der Waals surface area contributed by atoms with E-state index >= 15 is 0 Å². The van der Waals surface area contributed by atoms with Crippen LogP contribution >= 0.6 is 0 Å². The quantitative estimate of drug-likeness (QED) is 0.800. The fourth-order valence-corrected chi connectivity index (χ4v) is 2.12. The standard InChI is InChI=1S/C17H27NO3/c1-5-10-18(13-16(19)20)11-12-21-15-8-6-14(7-9-15)17(2,3)4/h6-9H,5,10-13H2,1-4H3,(H,19,20). The fourth-order valence-electron chi connectivity index (χ4n) is 2.12. The maximum Gasteiger partial charge on any atom is 0.317 e. The molecule has 4 heteroatoms. The topological polar surface area (TPSA) is 49.8 Å². The van der Waals surface area contributed by atoms with Crippen LogP contribution in [0.2, 0.25) is 0 Å². The summed E-state index contributed by atoms with van der Waals surface area (Å²) >= 11 is 0. The molecule has 118 valence electrons. The van der Waals surface area contributed by atoms with Crippen molar-refractivity contribution in [1.29, 1.82) is 0 Å². The molecule has 0 atom stereocenters. The van der Waals surface area contributed by atoms with Gasteiger partial charge in [0.2, 0.25) is 0 Å². The lowest BCUT2D eigenvalue weighted by atomic mass is 9.87. The van der Waals surface area contributed by atoms with E-state index in [1.807, 2.05) is 24.0 Å². The highest BCUT2D eigenvalue weighted by Gasteiger charge is 2.13. The van der Waals surface area contributed by atoms with Crippen molar-refractivity contribution >= 4 is 5.97 Å². The number of carboxylic acids is 1. The third-order valence-electron chi connectivity index (χ3n) is 3.30. The van der Waals surface area contributed by atoms with E-state index in [-0.39, 0.29) is 12.0 Å². The highest BCUT2D eigenvalue weighted by atomic mass is 16.5. The van der Waals surface area contributed by atoms with Crippen LogP contribution in [0.25, 0.3) is 0 Å². The van der Waals surface area contributed by atoms with E-state index in [2.05, 4.69) is 32.9 Å². The highest BCUT2D eigenvalue weighted by molar-refractivity contribution is 5.69. The summed E-state index contributed by atoms with van der Waals surface area (Å²) in [4.78, 5) is 12.7. The van der Waals surface area contributed by atoms with Gasteiger partial charge in [-0.05, 0) is 36.1 Å². The Bertz CT molecular complexity index is 434. The fraction of sp³-hybridized carbons (Fsp3) is 0.588. The van der Waals surface area contributed by atoms with Crippen LogP contribution < -0.4 is 4.74 Å². The second kappa shape index (κ2) is 8.03. The number of benzene rings is 1. The molecule has 0 aliphatic carbocycles. The van der Waals surface area contributed by atoms with E-state index in [1.54, 1.807) is 0 Å². The normalized spacial score (nSPS) is 11.7. The van der Waals surface area contributed by atoms with E-state index in [9.17, 15) is 4.79 Å². The zero-order chi connectivity index (χ0) is 15.9. The van der Waals surface area contributed by atoms with Gasteiger partial charge in [-0.25, -0.2) is 0 Å². The van der Waals surface area contributed by atoms with Gasteiger partial charge >= 0.3 is 5.97 Å². The van der Waals surface area contributed by atoms with Crippen LogP contribution in [0.4, 0.5) is 0 Å². The molecule has 0 fully saturated rings. The Morgan fingerprint density at radius 2 is 1.81 bits per heavy atom. The predicted molar refractivity (Wildman–Crippen MR) is 85.0 cm³/mol. The maximum absolute atomic E-state index is 10.8. The van der Waals surface area contributed by atoms with E-state index in [4.69, 9.17) is 9.84 Å². The third-order valence-corrected chi connectivity index (χ3v) is 3.30. The van der Waals surface area contributed by atoms with Crippen LogP contribution in [-0.4, -0.2) is 42.2 Å². The molecule has 0 bridgehead atoms. The van der Waals surface area contributed by atoms with Crippen LogP contribution in [0.3, 0.4) is 0 Å². The van der Waals surface area contributed by atoms with Crippen LogP contribution in [0, 0.1) is 0 Å². The predicted octanol–water partition coefficient (Wildman–Crippen LogP) is 3.16. The molecule has 1 N–H and O–H groups in total. The minimum Gasteiger partial charge on any atom is -0.492 e. The van der Waals surface area contributed by atoms with Crippen molar-refractivity contribution in [2.75, 3.05) is 26.2 Å². The summed E-state index contributed by atoms with van der Waals surface area (Å²) in [6.07, 6.45) is 0.938. The molecule has 0 amide bonds. The smallest absolute Gasteiger partial charge is 0.317 e. The third kappa shape index (κ3) is 6.63. The number of hydrogen-bond donors (Lipinski definition) is 1. The number of nitrogens with zero attached hydrogens (tertiary/aromatic N) is 1. The first-order chi connectivity index (χ1) is 9.82. The van der Waals surface area contributed by atoms with Gasteiger partial charge in [0.15, 0.2) is 0 Å². The van der Waals surface area contributed by atoms with Crippen LogP contribution in [-0.2, 0) is 10.2 Å². The van der Waals surface area contributed by atoms with Crippen molar-refractivity contribution < 1.29 is 14.6 Å². The zero-order valence-electron chi connectivity index (χ0n) is 13.6. The van der Waals surface area contributed by atoms with Crippen molar-refractivity contribution in [2.45, 2.75) is 39.5 Å². The molecule has 0 unspecified atom stereocenters. The van der Waals surface area contributed by atoms with Crippen LogP contribution in [0.1, 0.15) is 39.7 Å². The molecule has 0 radical (unpaired) electrons. The lowest BCUT2D eigenvalue weighted by Gasteiger charge is -2.20. The minimum atomic E-state index is -0.794. The van der Waals surface area contributed by atoms with Gasteiger partial charge in [-0.3, -0.25) is 9.69 Å². The molecule has 0 saturated heterocycles. The van der Waals surface area contributed by atoms with Gasteiger partial charge in [-0.2, -0.15) is 0 Å². The van der Waals surface area contributed by atoms with Gasteiger partial charge in [0, 0.05) is 6.54 Å². The van der Waals surface area contributed by atoms with Crippen molar-refractivity contribution in [1.82, 2.24) is 4.90 Å². The molecule has 0 heterocycles. The molecule has 4 nitrogen and oxygen atoms in total. The number of carbonyl (C=O) groups is 1. The summed E-state index contributed by atoms with van der Waals surface area (Å²) in [7, 11) is 0. The highest BCUT2D eigenvalue weighted by Crippen LogP contribution is 2.24. The average Bonchev–Trinajstić information content (AvgIpc) is 2.38. The number of aliphatic carboxylic acids is 1. The molecule has 21 heavy (non-hydrogen) atoms. The summed E-state index contributed by atoms with van der Waals surface area (Å²) in [5.41, 5.74) is 1.41. The molecule has 0 aromatic heterocycles. The van der Waals surface area contributed by atoms with Crippen LogP contribution in [0.5, 0.6) is 5.75 Å². The molecular formula is C17H27NO3. The van der Waals surface area contributed by atoms with E-state index in [1.165, 1.54) is 5.56 Å². The van der Waals surface area contributed by atoms with Gasteiger partial charge in [0.1, 0.15) is 12.4 Å². The number of rotatable bonds is 8. The summed E-state index contributed by atoms with van der Waals surface area (Å²) in [5.74, 6) is 0.0350. The monoisotopic (exact) mass is 293 g/mol. The van der Waals surface area contributed by atoms with E-state index < -0.39 is 5.97 Å². The Balaban J connectivity index is 2.45. The summed E-state index contributed by atoms with van der Waals surface area (Å²) in [6.45, 7) is 10.6. The minimum absolute atomic E-state index is 0.0696. The molecule has 0 aliphatic rings. The molecule has 1 aromatic carbocycles. The first-order valence-electron chi connectivity index (χ1n) is 7.50. The molecule has 0 spiro atoms. The van der Waals surface area contributed by atoms with Gasteiger partial charge in [0.05, 0.1) is 6.54 Å². The zero-order valence-corrected chi connectivity index (χ0v) is 13.6. The lowest BCUT2D eigenvalue weighted by molar-refractivity contribution is -0.138. The lowest BCUT2D eigenvalue weighted by Crippen LogP contribution is -2.34. The molecular weight excluding hydrogens is 266 g/mol. The number of hydrogen-bond acceptors (Lipinski definition) is 3. The number of ether oxygens (including phenoxy) is 1. The Kier molecular flexibility index (Phi) is 6.69. The van der Waals surface area contributed by atoms with Gasteiger partial charge in [-0.15, -0.1) is 0 Å². The summed E-state index contributed by atoms with van der Waals surface area (Å²) in [5, 5.41) is 8.85. The second-order valence-electron chi connectivity index (χ2n) is 6.29. The summed E-state index contributed by atoms with van der Waals surface area (Å²) in [6, 6.07) is 8.11. The first-order valence-corrected chi connectivity index (χ1v) is 7.50.